The molecule has 13 rings (SSSR count). The van der Waals surface area contributed by atoms with E-state index >= 15 is 0 Å². The zero-order valence-electron chi connectivity index (χ0n) is 35.0. The monoisotopic (exact) mass is 831 g/mol. The highest BCUT2D eigenvalue weighted by atomic mass is 28.3. The fraction of sp³-hybridized carbons (Fsp3) is 0. The molecule has 3 aromatic heterocycles. The predicted octanol–water partition coefficient (Wildman–Crippen LogP) is 12.4. The molecule has 0 fully saturated rings. The number of hydrogen-bond donors (Lipinski definition) is 0. The van der Waals surface area contributed by atoms with Gasteiger partial charge >= 0.3 is 0 Å². The van der Waals surface area contributed by atoms with E-state index in [1.807, 2.05) is 0 Å². The number of hydrogen-bond acceptors (Lipinski definition) is 0. The van der Waals surface area contributed by atoms with Gasteiger partial charge in [-0.1, -0.05) is 182 Å². The van der Waals surface area contributed by atoms with Crippen molar-refractivity contribution in [1.82, 2.24) is 13.7 Å². The van der Waals surface area contributed by atoms with Crippen LogP contribution in [0.25, 0.3) is 82.5 Å². The SMILES string of the molecule is c1ccc(-n2c3ccccc3c3cc(-n4c5ccc([Si](c6ccccc6)(c6ccccc6)c6ccccc6)cc5c5c(-n6c7ccccc7c7ccccc76)cccc54)ccc32)cc1. The van der Waals surface area contributed by atoms with Crippen molar-refractivity contribution in [2.75, 3.05) is 0 Å². The highest BCUT2D eigenvalue weighted by molar-refractivity contribution is 7.20. The average molecular weight is 832 g/mol. The fourth-order valence-corrected chi connectivity index (χ4v) is 15.7. The Hall–Kier alpha value is -8.18. The number of rotatable bonds is 7. The summed E-state index contributed by atoms with van der Waals surface area (Å²) in [5, 5.41) is 12.9. The van der Waals surface area contributed by atoms with Gasteiger partial charge in [0.1, 0.15) is 0 Å². The smallest absolute Gasteiger partial charge is 0.179 e. The first kappa shape index (κ1) is 36.5. The van der Waals surface area contributed by atoms with Gasteiger partial charge in [0, 0.05) is 43.7 Å². The van der Waals surface area contributed by atoms with Gasteiger partial charge in [-0.15, -0.1) is 0 Å². The molecule has 0 radical (unpaired) electrons. The summed E-state index contributed by atoms with van der Waals surface area (Å²) in [7, 11) is -2.86. The summed E-state index contributed by atoms with van der Waals surface area (Å²) in [5.74, 6) is 0. The molecule has 0 bridgehead atoms. The second kappa shape index (κ2) is 14.5. The van der Waals surface area contributed by atoms with Crippen molar-refractivity contribution < 1.29 is 0 Å². The van der Waals surface area contributed by atoms with Crippen LogP contribution in [-0.2, 0) is 0 Å². The maximum absolute atomic E-state index is 2.86. The molecule has 3 heterocycles. The van der Waals surface area contributed by atoms with Gasteiger partial charge in [-0.3, -0.25) is 0 Å². The van der Waals surface area contributed by atoms with Gasteiger partial charge in [-0.2, -0.15) is 0 Å². The third-order valence-electron chi connectivity index (χ3n) is 13.6. The predicted molar refractivity (Wildman–Crippen MR) is 273 cm³/mol. The molecule has 0 unspecified atom stereocenters. The van der Waals surface area contributed by atoms with Crippen molar-refractivity contribution in [2.24, 2.45) is 0 Å². The molecule has 0 atom stereocenters. The maximum Gasteiger partial charge on any atom is 0.179 e. The highest BCUT2D eigenvalue weighted by Gasteiger charge is 2.41. The molecule has 64 heavy (non-hydrogen) atoms. The van der Waals surface area contributed by atoms with E-state index in [9.17, 15) is 0 Å². The highest BCUT2D eigenvalue weighted by Crippen LogP contribution is 2.41. The van der Waals surface area contributed by atoms with E-state index in [-0.39, 0.29) is 0 Å². The van der Waals surface area contributed by atoms with Gasteiger partial charge in [0.25, 0.3) is 0 Å². The van der Waals surface area contributed by atoms with Crippen molar-refractivity contribution in [3.8, 4) is 17.1 Å². The lowest BCUT2D eigenvalue weighted by atomic mass is 10.1. The first-order valence-electron chi connectivity index (χ1n) is 22.1. The van der Waals surface area contributed by atoms with E-state index in [1.54, 1.807) is 0 Å². The topological polar surface area (TPSA) is 14.8 Å². The van der Waals surface area contributed by atoms with E-state index in [2.05, 4.69) is 262 Å². The summed E-state index contributed by atoms with van der Waals surface area (Å²) < 4.78 is 7.40. The van der Waals surface area contributed by atoms with Crippen LogP contribution in [0.4, 0.5) is 0 Å². The van der Waals surface area contributed by atoms with Crippen molar-refractivity contribution in [3.63, 3.8) is 0 Å². The first-order valence-corrected chi connectivity index (χ1v) is 24.1. The van der Waals surface area contributed by atoms with Crippen molar-refractivity contribution in [2.45, 2.75) is 0 Å². The molecule has 0 saturated heterocycles. The van der Waals surface area contributed by atoms with Crippen molar-refractivity contribution in [3.05, 3.63) is 249 Å². The molecule has 300 valence electrons. The molecule has 10 aromatic carbocycles. The summed E-state index contributed by atoms with van der Waals surface area (Å²) in [6.07, 6.45) is 0. The Labute approximate surface area is 372 Å². The number of aromatic nitrogens is 3. The lowest BCUT2D eigenvalue weighted by Gasteiger charge is -2.34. The normalized spacial score (nSPS) is 12.1. The van der Waals surface area contributed by atoms with Crippen LogP contribution in [0.15, 0.2) is 249 Å². The Morgan fingerprint density at radius 2 is 0.656 bits per heavy atom. The van der Waals surface area contributed by atoms with E-state index in [0.29, 0.717) is 0 Å². The molecule has 13 aromatic rings. The maximum atomic E-state index is 2.56. The van der Waals surface area contributed by atoms with Crippen LogP contribution >= 0.6 is 0 Å². The molecule has 0 aliphatic rings. The van der Waals surface area contributed by atoms with E-state index < -0.39 is 8.07 Å². The van der Waals surface area contributed by atoms with Gasteiger partial charge in [0.15, 0.2) is 8.07 Å². The average Bonchev–Trinajstić information content (AvgIpc) is 4.01. The molecule has 0 spiro atoms. The summed E-state index contributed by atoms with van der Waals surface area (Å²) in [6.45, 7) is 0. The van der Waals surface area contributed by atoms with Crippen LogP contribution in [0.1, 0.15) is 0 Å². The van der Waals surface area contributed by atoms with Gasteiger partial charge in [0.2, 0.25) is 0 Å². The third-order valence-corrected chi connectivity index (χ3v) is 18.3. The van der Waals surface area contributed by atoms with E-state index in [1.165, 1.54) is 91.9 Å². The summed E-state index contributed by atoms with van der Waals surface area (Å²) in [5.41, 5.74) is 10.6. The zero-order valence-corrected chi connectivity index (χ0v) is 36.0. The zero-order chi connectivity index (χ0) is 42.2. The Bertz CT molecular complexity index is 3730. The molecule has 0 aliphatic carbocycles. The lowest BCUT2D eigenvalue weighted by molar-refractivity contribution is 1.16. The second-order valence-electron chi connectivity index (χ2n) is 16.8. The number of benzene rings is 10. The summed E-state index contributed by atoms with van der Waals surface area (Å²) in [4.78, 5) is 0. The third kappa shape index (κ3) is 5.27. The molecule has 0 aliphatic heterocycles. The number of nitrogens with zero attached hydrogens (tertiary/aromatic N) is 3. The van der Waals surface area contributed by atoms with Crippen LogP contribution in [0, 0.1) is 0 Å². The minimum absolute atomic E-state index is 1.13. The molecule has 3 nitrogen and oxygen atoms in total. The Kier molecular flexibility index (Phi) is 8.23. The molecular weight excluding hydrogens is 791 g/mol. The number of para-hydroxylation sites is 4. The Morgan fingerprint density at radius 3 is 1.23 bits per heavy atom. The van der Waals surface area contributed by atoms with Crippen LogP contribution in [0.3, 0.4) is 0 Å². The molecule has 0 N–H and O–H groups in total. The molecule has 4 heteroatoms. The lowest BCUT2D eigenvalue weighted by Crippen LogP contribution is -2.74. The quantitative estimate of drug-likeness (QED) is 0.112. The van der Waals surface area contributed by atoms with Gasteiger partial charge in [-0.25, -0.2) is 0 Å². The van der Waals surface area contributed by atoms with E-state index in [0.717, 1.165) is 11.4 Å². The molecular formula is C60H41N3Si. The van der Waals surface area contributed by atoms with Crippen molar-refractivity contribution >= 4 is 94.2 Å². The van der Waals surface area contributed by atoms with Gasteiger partial charge < -0.3 is 13.7 Å². The standard InChI is InChI=1S/C60H41N3Si/c1-5-20-42(21-6-1)61-53-31-16-15-30-50(53)51-40-43(36-38-56(51)61)62-57-39-37-47(64(44-22-7-2-8-23-44,45-24-9-3-10-25-45)46-26-11-4-12-27-46)41-52(57)60-58(62)34-19-35-59(60)63-54-32-17-13-28-48(54)49-29-14-18-33-55(49)63/h1-41H. The Morgan fingerprint density at radius 1 is 0.234 bits per heavy atom. The van der Waals surface area contributed by atoms with Gasteiger partial charge in [-0.05, 0) is 87.5 Å². The largest absolute Gasteiger partial charge is 0.309 e. The minimum Gasteiger partial charge on any atom is -0.309 e. The summed E-state index contributed by atoms with van der Waals surface area (Å²) in [6, 6.07) is 92.4. The van der Waals surface area contributed by atoms with Crippen LogP contribution < -0.4 is 20.7 Å². The molecule has 0 amide bonds. The van der Waals surface area contributed by atoms with Crippen LogP contribution in [0.2, 0.25) is 0 Å². The second-order valence-corrected chi connectivity index (χ2v) is 20.7. The van der Waals surface area contributed by atoms with E-state index in [4.69, 9.17) is 0 Å². The van der Waals surface area contributed by atoms with Crippen LogP contribution in [-0.4, -0.2) is 21.8 Å². The van der Waals surface area contributed by atoms with Gasteiger partial charge in [0.05, 0.1) is 38.8 Å². The van der Waals surface area contributed by atoms with Crippen LogP contribution in [0.5, 0.6) is 0 Å². The number of fused-ring (bicyclic) bond motifs is 9. The molecule has 0 saturated carbocycles. The fourth-order valence-electron chi connectivity index (χ4n) is 11.0. The first-order chi connectivity index (χ1) is 31.8. The summed E-state index contributed by atoms with van der Waals surface area (Å²) >= 11 is 0. The Balaban J connectivity index is 1.17. The van der Waals surface area contributed by atoms with Crippen molar-refractivity contribution in [1.29, 1.82) is 0 Å². The minimum atomic E-state index is -2.86.